The lowest BCUT2D eigenvalue weighted by Gasteiger charge is -2.17. The van der Waals surface area contributed by atoms with Gasteiger partial charge in [-0.1, -0.05) is 48.5 Å². The van der Waals surface area contributed by atoms with Gasteiger partial charge in [0.2, 0.25) is 0 Å². The fourth-order valence-corrected chi connectivity index (χ4v) is 4.07. The quantitative estimate of drug-likeness (QED) is 0.243. The van der Waals surface area contributed by atoms with E-state index < -0.39 is 0 Å². The molecule has 4 aromatic carbocycles. The predicted octanol–water partition coefficient (Wildman–Crippen LogP) is 5.93. The van der Waals surface area contributed by atoms with E-state index in [-0.39, 0.29) is 5.69 Å². The summed E-state index contributed by atoms with van der Waals surface area (Å²) in [6.07, 6.45) is 3.54. The fourth-order valence-electron chi connectivity index (χ4n) is 4.07. The molecule has 0 amide bonds. The highest BCUT2D eigenvalue weighted by Crippen LogP contribution is 2.22. The van der Waals surface area contributed by atoms with Gasteiger partial charge in [0, 0.05) is 25.5 Å². The standard InChI is InChI=1S/C31H29N3O3/c1-32(24-25-8-4-2-5-9-25)22-23-36-28-16-12-26(13-17-28)33-20-21-34(31(33)35)27-14-18-30(19-15-27)37-29-10-6-3-7-11-29/h2-21H,22-24H2,1H3. The highest BCUT2D eigenvalue weighted by atomic mass is 16.5. The minimum absolute atomic E-state index is 0.145. The number of ether oxygens (including phenoxy) is 2. The fraction of sp³-hybridized carbons (Fsp3) is 0.129. The molecule has 0 unspecified atom stereocenters. The van der Waals surface area contributed by atoms with Gasteiger partial charge in [-0.3, -0.25) is 14.0 Å². The van der Waals surface area contributed by atoms with Crippen LogP contribution in [0.4, 0.5) is 0 Å². The van der Waals surface area contributed by atoms with Gasteiger partial charge in [-0.2, -0.15) is 0 Å². The van der Waals surface area contributed by atoms with Crippen LogP contribution in [-0.2, 0) is 6.54 Å². The topological polar surface area (TPSA) is 48.6 Å². The predicted molar refractivity (Wildman–Crippen MR) is 146 cm³/mol. The third-order valence-electron chi connectivity index (χ3n) is 6.02. The molecule has 6 nitrogen and oxygen atoms in total. The third-order valence-corrected chi connectivity index (χ3v) is 6.02. The highest BCUT2D eigenvalue weighted by molar-refractivity contribution is 5.41. The van der Waals surface area contributed by atoms with Crippen LogP contribution in [-0.4, -0.2) is 34.2 Å². The monoisotopic (exact) mass is 491 g/mol. The average molecular weight is 492 g/mol. The van der Waals surface area contributed by atoms with Crippen molar-refractivity contribution in [2.45, 2.75) is 6.54 Å². The van der Waals surface area contributed by atoms with E-state index in [0.29, 0.717) is 12.4 Å². The van der Waals surface area contributed by atoms with Gasteiger partial charge in [0.15, 0.2) is 0 Å². The van der Waals surface area contributed by atoms with Crippen LogP contribution in [0.15, 0.2) is 126 Å². The Morgan fingerprint density at radius 1 is 0.649 bits per heavy atom. The second-order valence-corrected chi connectivity index (χ2v) is 8.80. The summed E-state index contributed by atoms with van der Waals surface area (Å²) in [7, 11) is 2.08. The molecule has 0 fully saturated rings. The molecule has 37 heavy (non-hydrogen) atoms. The van der Waals surface area contributed by atoms with Gasteiger partial charge in [-0.25, -0.2) is 4.79 Å². The van der Waals surface area contributed by atoms with E-state index in [1.165, 1.54) is 5.56 Å². The molecule has 0 bridgehead atoms. The van der Waals surface area contributed by atoms with Crippen molar-refractivity contribution in [1.82, 2.24) is 14.0 Å². The Morgan fingerprint density at radius 2 is 1.16 bits per heavy atom. The third kappa shape index (κ3) is 6.18. The first-order valence-corrected chi connectivity index (χ1v) is 12.2. The van der Waals surface area contributed by atoms with E-state index in [1.807, 2.05) is 84.9 Å². The second kappa shape index (κ2) is 11.5. The Bertz CT molecular complexity index is 1460. The van der Waals surface area contributed by atoms with Crippen LogP contribution in [0.25, 0.3) is 11.4 Å². The van der Waals surface area contributed by atoms with Crippen LogP contribution < -0.4 is 15.2 Å². The second-order valence-electron chi connectivity index (χ2n) is 8.80. The van der Waals surface area contributed by atoms with Crippen LogP contribution in [0.2, 0.25) is 0 Å². The number of hydrogen-bond donors (Lipinski definition) is 0. The molecule has 0 aliphatic carbocycles. The summed E-state index contributed by atoms with van der Waals surface area (Å²) in [5, 5.41) is 0. The SMILES string of the molecule is CN(CCOc1ccc(-n2ccn(-c3ccc(Oc4ccccc4)cc3)c2=O)cc1)Cc1ccccc1. The molecule has 186 valence electrons. The maximum Gasteiger partial charge on any atom is 0.337 e. The number of imidazole rings is 1. The Morgan fingerprint density at radius 3 is 1.76 bits per heavy atom. The van der Waals surface area contributed by atoms with Crippen molar-refractivity contribution < 1.29 is 9.47 Å². The van der Waals surface area contributed by atoms with Gasteiger partial charge in [-0.15, -0.1) is 0 Å². The van der Waals surface area contributed by atoms with E-state index in [1.54, 1.807) is 21.5 Å². The zero-order chi connectivity index (χ0) is 25.5. The minimum Gasteiger partial charge on any atom is -0.492 e. The Balaban J connectivity index is 1.18. The van der Waals surface area contributed by atoms with E-state index in [9.17, 15) is 4.79 Å². The lowest BCUT2D eigenvalue weighted by atomic mass is 10.2. The van der Waals surface area contributed by atoms with E-state index >= 15 is 0 Å². The summed E-state index contributed by atoms with van der Waals surface area (Å²) in [5.41, 5.74) is 2.68. The van der Waals surface area contributed by atoms with E-state index in [4.69, 9.17) is 9.47 Å². The van der Waals surface area contributed by atoms with Crippen molar-refractivity contribution in [2.24, 2.45) is 0 Å². The lowest BCUT2D eigenvalue weighted by molar-refractivity contribution is 0.233. The molecule has 0 spiro atoms. The number of likely N-dealkylation sites (N-methyl/N-ethyl adjacent to an activating group) is 1. The smallest absolute Gasteiger partial charge is 0.337 e. The Hall–Kier alpha value is -4.55. The lowest BCUT2D eigenvalue weighted by Crippen LogP contribution is -2.23. The molecule has 5 aromatic rings. The summed E-state index contributed by atoms with van der Waals surface area (Å²) < 4.78 is 15.0. The van der Waals surface area contributed by atoms with Crippen molar-refractivity contribution >= 4 is 0 Å². The van der Waals surface area contributed by atoms with Gasteiger partial charge in [-0.05, 0) is 73.3 Å². The number of para-hydroxylation sites is 1. The molecular weight excluding hydrogens is 462 g/mol. The molecule has 0 atom stereocenters. The largest absolute Gasteiger partial charge is 0.492 e. The first-order valence-electron chi connectivity index (χ1n) is 12.2. The van der Waals surface area contributed by atoms with Gasteiger partial charge < -0.3 is 9.47 Å². The number of hydrogen-bond acceptors (Lipinski definition) is 4. The molecule has 6 heteroatoms. The molecule has 1 heterocycles. The van der Waals surface area contributed by atoms with Crippen LogP contribution in [0.1, 0.15) is 5.56 Å². The Kier molecular flexibility index (Phi) is 7.48. The van der Waals surface area contributed by atoms with Crippen LogP contribution in [0, 0.1) is 0 Å². The van der Waals surface area contributed by atoms with Crippen molar-refractivity contribution in [3.05, 3.63) is 138 Å². The minimum atomic E-state index is -0.145. The zero-order valence-electron chi connectivity index (χ0n) is 20.7. The zero-order valence-corrected chi connectivity index (χ0v) is 20.7. The highest BCUT2D eigenvalue weighted by Gasteiger charge is 2.08. The number of nitrogens with zero attached hydrogens (tertiary/aromatic N) is 3. The summed E-state index contributed by atoms with van der Waals surface area (Å²) in [6.45, 7) is 2.28. The number of benzene rings is 4. The summed E-state index contributed by atoms with van der Waals surface area (Å²) in [4.78, 5) is 15.3. The van der Waals surface area contributed by atoms with Gasteiger partial charge >= 0.3 is 5.69 Å². The summed E-state index contributed by atoms with van der Waals surface area (Å²) in [5.74, 6) is 2.26. The van der Waals surface area contributed by atoms with E-state index in [0.717, 1.165) is 36.0 Å². The average Bonchev–Trinajstić information content (AvgIpc) is 3.32. The van der Waals surface area contributed by atoms with E-state index in [2.05, 4.69) is 36.2 Å². The summed E-state index contributed by atoms with van der Waals surface area (Å²) in [6, 6.07) is 35.0. The van der Waals surface area contributed by atoms with Crippen molar-refractivity contribution in [2.75, 3.05) is 20.2 Å². The number of rotatable bonds is 10. The first kappa shape index (κ1) is 24.2. The maximum atomic E-state index is 13.1. The molecule has 0 aliphatic heterocycles. The van der Waals surface area contributed by atoms with Crippen molar-refractivity contribution in [3.8, 4) is 28.6 Å². The first-order chi connectivity index (χ1) is 18.2. The normalized spacial score (nSPS) is 11.0. The molecule has 1 aromatic heterocycles. The maximum absolute atomic E-state index is 13.1. The van der Waals surface area contributed by atoms with Crippen LogP contribution in [0.5, 0.6) is 17.2 Å². The molecular formula is C31H29N3O3. The molecule has 5 rings (SSSR count). The van der Waals surface area contributed by atoms with Gasteiger partial charge in [0.05, 0.1) is 11.4 Å². The summed E-state index contributed by atoms with van der Waals surface area (Å²) >= 11 is 0. The van der Waals surface area contributed by atoms with Gasteiger partial charge in [0.25, 0.3) is 0 Å². The van der Waals surface area contributed by atoms with Crippen LogP contribution in [0.3, 0.4) is 0 Å². The molecule has 0 N–H and O–H groups in total. The van der Waals surface area contributed by atoms with Crippen molar-refractivity contribution in [3.63, 3.8) is 0 Å². The molecule has 0 aliphatic rings. The van der Waals surface area contributed by atoms with Gasteiger partial charge in [0.1, 0.15) is 23.9 Å². The van der Waals surface area contributed by atoms with Crippen LogP contribution >= 0.6 is 0 Å². The molecule has 0 radical (unpaired) electrons. The molecule has 0 saturated carbocycles. The Labute approximate surface area is 216 Å². The molecule has 0 saturated heterocycles. The number of aromatic nitrogens is 2. The van der Waals surface area contributed by atoms with Crippen molar-refractivity contribution in [1.29, 1.82) is 0 Å².